The number of anilines is 1. The van der Waals surface area contributed by atoms with Gasteiger partial charge in [0.1, 0.15) is 17.4 Å². The molecule has 8 nitrogen and oxygen atoms in total. The lowest BCUT2D eigenvalue weighted by Gasteiger charge is -2.14. The summed E-state index contributed by atoms with van der Waals surface area (Å²) in [5.41, 5.74) is 0.758. The number of nitrogens with zero attached hydrogens (tertiary/aromatic N) is 4. The molecule has 3 aromatic rings. The predicted molar refractivity (Wildman–Crippen MR) is 124 cm³/mol. The van der Waals surface area contributed by atoms with Gasteiger partial charge in [-0.1, -0.05) is 20.3 Å². The monoisotopic (exact) mass is 455 g/mol. The van der Waals surface area contributed by atoms with Crippen LogP contribution in [0.5, 0.6) is 5.88 Å². The molecule has 0 aliphatic heterocycles. The summed E-state index contributed by atoms with van der Waals surface area (Å²) in [4.78, 5) is 35.1. The van der Waals surface area contributed by atoms with Crippen molar-refractivity contribution in [1.82, 2.24) is 18.9 Å². The third-order valence-corrected chi connectivity index (χ3v) is 5.83. The summed E-state index contributed by atoms with van der Waals surface area (Å²) in [7, 11) is 0. The Hall–Kier alpha value is -3.23. The first-order valence-corrected chi connectivity index (χ1v) is 11.5. The fourth-order valence-electron chi connectivity index (χ4n) is 4.00. The number of alkyl halides is 1. The zero-order valence-electron chi connectivity index (χ0n) is 19.4. The molecule has 9 heteroatoms. The van der Waals surface area contributed by atoms with Crippen molar-refractivity contribution in [3.05, 3.63) is 52.3 Å². The molecule has 1 N–H and O–H groups in total. The first-order valence-electron chi connectivity index (χ1n) is 11.5. The van der Waals surface area contributed by atoms with Gasteiger partial charge in [0.15, 0.2) is 0 Å². The van der Waals surface area contributed by atoms with E-state index in [1.165, 1.54) is 16.8 Å². The van der Waals surface area contributed by atoms with E-state index in [-0.39, 0.29) is 23.2 Å². The van der Waals surface area contributed by atoms with Gasteiger partial charge in [0.05, 0.1) is 17.8 Å². The van der Waals surface area contributed by atoms with Crippen molar-refractivity contribution >= 4 is 17.4 Å². The van der Waals surface area contributed by atoms with E-state index in [1.807, 2.05) is 20.0 Å². The number of ether oxygens (including phenoxy) is 1. The minimum absolute atomic E-state index is 0.0810. The maximum Gasteiger partial charge on any atom is 0.274 e. The number of carbonyl (C=O) groups excluding carboxylic acids is 1. The number of rotatable bonds is 9. The molecule has 0 spiro atoms. The van der Waals surface area contributed by atoms with Crippen LogP contribution < -0.4 is 15.6 Å². The quantitative estimate of drug-likeness (QED) is 0.513. The van der Waals surface area contributed by atoms with E-state index in [4.69, 9.17) is 4.74 Å². The number of carbonyl (C=O) groups is 1. The number of amides is 1. The number of aromatic nitrogens is 4. The zero-order valence-corrected chi connectivity index (χ0v) is 19.4. The number of hydrogen-bond acceptors (Lipinski definition) is 5. The van der Waals surface area contributed by atoms with Gasteiger partial charge in [0.2, 0.25) is 11.7 Å². The maximum atomic E-state index is 13.5. The molecule has 0 radical (unpaired) electrons. The van der Waals surface area contributed by atoms with E-state index in [1.54, 1.807) is 16.7 Å². The van der Waals surface area contributed by atoms with Gasteiger partial charge in [0.25, 0.3) is 11.5 Å². The Morgan fingerprint density at radius 3 is 2.70 bits per heavy atom. The van der Waals surface area contributed by atoms with Gasteiger partial charge in [-0.25, -0.2) is 9.37 Å². The molecule has 3 unspecified atom stereocenters. The van der Waals surface area contributed by atoms with Crippen LogP contribution in [0.4, 0.5) is 10.1 Å². The second kappa shape index (κ2) is 9.33. The van der Waals surface area contributed by atoms with Crippen LogP contribution in [0.15, 0.2) is 35.5 Å². The lowest BCUT2D eigenvalue weighted by atomic mass is 9.98. The molecule has 4 rings (SSSR count). The topological polar surface area (TPSA) is 90.5 Å². The molecule has 3 aromatic heterocycles. The van der Waals surface area contributed by atoms with E-state index >= 15 is 0 Å². The van der Waals surface area contributed by atoms with Crippen LogP contribution in [0.2, 0.25) is 0 Å². The van der Waals surface area contributed by atoms with Gasteiger partial charge < -0.3 is 14.6 Å². The van der Waals surface area contributed by atoms with Crippen molar-refractivity contribution in [2.75, 3.05) is 5.32 Å². The Labute approximate surface area is 191 Å². The van der Waals surface area contributed by atoms with E-state index < -0.39 is 23.7 Å². The molecule has 1 amide bonds. The smallest absolute Gasteiger partial charge is 0.274 e. The highest BCUT2D eigenvalue weighted by molar-refractivity contribution is 6.05. The highest BCUT2D eigenvalue weighted by atomic mass is 19.1. The molecule has 3 heterocycles. The van der Waals surface area contributed by atoms with Crippen LogP contribution in [0.1, 0.15) is 81.4 Å². The Morgan fingerprint density at radius 2 is 2.06 bits per heavy atom. The molecule has 33 heavy (non-hydrogen) atoms. The fourth-order valence-corrected chi connectivity index (χ4v) is 4.00. The molecule has 176 valence electrons. The van der Waals surface area contributed by atoms with E-state index in [0.29, 0.717) is 18.1 Å². The summed E-state index contributed by atoms with van der Waals surface area (Å²) in [6.45, 7) is 7.96. The summed E-state index contributed by atoms with van der Waals surface area (Å²) in [5.74, 6) is 0.390. The summed E-state index contributed by atoms with van der Waals surface area (Å²) in [6, 6.07) is 2.66. The molecule has 3 atom stereocenters. The van der Waals surface area contributed by atoms with Gasteiger partial charge in [-0.15, -0.1) is 0 Å². The van der Waals surface area contributed by atoms with Gasteiger partial charge in [-0.05, 0) is 38.8 Å². The SMILES string of the molecule is CCCC(CC)c1cn2cc(C(=O)Nc3cccn(C4CC4F)c3=O)c(OC(C)C)nc2n1. The summed E-state index contributed by atoms with van der Waals surface area (Å²) in [6.07, 6.45) is 7.16. The Bertz CT molecular complexity index is 1220. The van der Waals surface area contributed by atoms with Crippen molar-refractivity contribution in [1.29, 1.82) is 0 Å². The average molecular weight is 456 g/mol. The highest BCUT2D eigenvalue weighted by Crippen LogP contribution is 2.37. The summed E-state index contributed by atoms with van der Waals surface area (Å²) < 4.78 is 22.3. The van der Waals surface area contributed by atoms with E-state index in [2.05, 4.69) is 29.1 Å². The lowest BCUT2D eigenvalue weighted by molar-refractivity contribution is 0.101. The summed E-state index contributed by atoms with van der Waals surface area (Å²) >= 11 is 0. The maximum absolute atomic E-state index is 13.5. The second-order valence-electron chi connectivity index (χ2n) is 8.80. The van der Waals surface area contributed by atoms with Crippen LogP contribution in [-0.4, -0.2) is 37.1 Å². The molecule has 1 aliphatic rings. The molecule has 0 saturated heterocycles. The van der Waals surface area contributed by atoms with E-state index in [9.17, 15) is 14.0 Å². The molecular formula is C24H30FN5O3. The van der Waals surface area contributed by atoms with Crippen LogP contribution >= 0.6 is 0 Å². The number of hydrogen-bond donors (Lipinski definition) is 1. The van der Waals surface area contributed by atoms with Crippen molar-refractivity contribution < 1.29 is 13.9 Å². The molecule has 1 saturated carbocycles. The van der Waals surface area contributed by atoms with Crippen molar-refractivity contribution in [2.45, 2.75) is 77.6 Å². The van der Waals surface area contributed by atoms with Gasteiger partial charge >= 0.3 is 0 Å². The van der Waals surface area contributed by atoms with Gasteiger partial charge in [0, 0.05) is 30.9 Å². The highest BCUT2D eigenvalue weighted by Gasteiger charge is 2.40. The molecule has 1 aliphatic carbocycles. The molecule has 0 aromatic carbocycles. The van der Waals surface area contributed by atoms with E-state index in [0.717, 1.165) is 25.0 Å². The number of nitrogens with one attached hydrogen (secondary N) is 1. The third kappa shape index (κ3) is 4.77. The van der Waals surface area contributed by atoms with Crippen molar-refractivity contribution in [3.8, 4) is 5.88 Å². The fraction of sp³-hybridized carbons (Fsp3) is 0.500. The van der Waals surface area contributed by atoms with Crippen LogP contribution in [0, 0.1) is 0 Å². The number of fused-ring (bicyclic) bond motifs is 1. The predicted octanol–water partition coefficient (Wildman–Crippen LogP) is 4.51. The minimum Gasteiger partial charge on any atom is -0.474 e. The van der Waals surface area contributed by atoms with Crippen LogP contribution in [0.25, 0.3) is 5.78 Å². The lowest BCUT2D eigenvalue weighted by Crippen LogP contribution is -2.26. The molecular weight excluding hydrogens is 425 g/mol. The normalized spacial score (nSPS) is 18.5. The Kier molecular flexibility index (Phi) is 6.49. The van der Waals surface area contributed by atoms with Gasteiger partial charge in [-0.3, -0.25) is 14.0 Å². The standard InChI is InChI=1S/C24H30FN5O3/c1-5-8-15(6-2)19-13-29-12-16(22(33-14(3)4)28-24(29)27-19)21(31)26-18-9-7-10-30(23(18)32)20-11-17(20)25/h7,9-10,12-15,17,20H,5-6,8,11H2,1-4H3,(H,26,31). The Morgan fingerprint density at radius 1 is 1.30 bits per heavy atom. The second-order valence-corrected chi connectivity index (χ2v) is 8.80. The van der Waals surface area contributed by atoms with Crippen LogP contribution in [0.3, 0.4) is 0 Å². The average Bonchev–Trinajstić information content (AvgIpc) is 3.35. The first-order chi connectivity index (χ1) is 15.8. The number of imidazole rings is 1. The first kappa shape index (κ1) is 22.9. The minimum atomic E-state index is -1.03. The molecule has 0 bridgehead atoms. The number of pyridine rings is 1. The third-order valence-electron chi connectivity index (χ3n) is 5.83. The molecule has 1 fully saturated rings. The van der Waals surface area contributed by atoms with Crippen LogP contribution in [-0.2, 0) is 0 Å². The Balaban J connectivity index is 1.69. The van der Waals surface area contributed by atoms with Crippen molar-refractivity contribution in [3.63, 3.8) is 0 Å². The zero-order chi connectivity index (χ0) is 23.7. The summed E-state index contributed by atoms with van der Waals surface area (Å²) in [5, 5.41) is 2.66. The largest absolute Gasteiger partial charge is 0.474 e. The van der Waals surface area contributed by atoms with Crippen molar-refractivity contribution in [2.24, 2.45) is 0 Å². The van der Waals surface area contributed by atoms with Gasteiger partial charge in [-0.2, -0.15) is 4.98 Å². The number of halogens is 1.